The fraction of sp³-hybridized carbons (Fsp3) is 0. The van der Waals surface area contributed by atoms with Crippen LogP contribution in [-0.2, 0) is 0 Å². The highest BCUT2D eigenvalue weighted by molar-refractivity contribution is 7.26. The van der Waals surface area contributed by atoms with Gasteiger partial charge in [0, 0.05) is 42.9 Å². The van der Waals surface area contributed by atoms with Crippen LogP contribution in [0.25, 0.3) is 86.8 Å². The smallest absolute Gasteiger partial charge is 0.162 e. The first-order chi connectivity index (χ1) is 22.3. The van der Waals surface area contributed by atoms with Crippen LogP contribution in [0.1, 0.15) is 0 Å². The van der Waals surface area contributed by atoms with Crippen molar-refractivity contribution in [3.8, 4) is 22.9 Å². The highest BCUT2D eigenvalue weighted by atomic mass is 32.1. The molecule has 0 aliphatic heterocycles. The van der Waals surface area contributed by atoms with Crippen LogP contribution < -0.4 is 0 Å². The van der Waals surface area contributed by atoms with Gasteiger partial charge >= 0.3 is 0 Å². The van der Waals surface area contributed by atoms with Gasteiger partial charge in [-0.15, -0.1) is 11.3 Å². The molecule has 0 aliphatic carbocycles. The molecule has 0 bridgehead atoms. The summed E-state index contributed by atoms with van der Waals surface area (Å²) in [5, 5.41) is 6.03. The molecule has 10 rings (SSSR count). The lowest BCUT2D eigenvalue weighted by Crippen LogP contribution is -2.01. The van der Waals surface area contributed by atoms with Crippen LogP contribution in [0.15, 0.2) is 146 Å². The van der Waals surface area contributed by atoms with E-state index in [2.05, 4.69) is 155 Å². The predicted octanol–water partition coefficient (Wildman–Crippen LogP) is 10.7. The second-order valence-electron chi connectivity index (χ2n) is 11.4. The normalized spacial score (nSPS) is 12.0. The molecule has 0 spiro atoms. The molecule has 4 heterocycles. The Morgan fingerprint density at radius 3 is 1.69 bits per heavy atom. The molecular weight excluding hydrogens is 569 g/mol. The van der Waals surface area contributed by atoms with Gasteiger partial charge in [0.1, 0.15) is 0 Å². The van der Waals surface area contributed by atoms with Crippen LogP contribution in [0.3, 0.4) is 0 Å². The van der Waals surface area contributed by atoms with Crippen molar-refractivity contribution < 1.29 is 0 Å². The van der Waals surface area contributed by atoms with Crippen molar-refractivity contribution in [1.29, 1.82) is 0 Å². The molecule has 0 fully saturated rings. The Balaban J connectivity index is 1.32. The van der Waals surface area contributed by atoms with E-state index >= 15 is 0 Å². The summed E-state index contributed by atoms with van der Waals surface area (Å²) in [4.78, 5) is 10.7. The molecule has 10 aromatic rings. The number of para-hydroxylation sites is 4. The molecule has 210 valence electrons. The first-order valence-electron chi connectivity index (χ1n) is 15.1. The lowest BCUT2D eigenvalue weighted by molar-refractivity contribution is 1.08. The Morgan fingerprint density at radius 1 is 0.444 bits per heavy atom. The fourth-order valence-corrected chi connectivity index (χ4v) is 8.09. The Labute approximate surface area is 262 Å². The second-order valence-corrected chi connectivity index (χ2v) is 12.5. The zero-order chi connectivity index (χ0) is 29.5. The van der Waals surface area contributed by atoms with Crippen molar-refractivity contribution in [2.24, 2.45) is 0 Å². The van der Waals surface area contributed by atoms with Gasteiger partial charge in [-0.05, 0) is 42.5 Å². The quantitative estimate of drug-likeness (QED) is 0.205. The molecule has 0 aliphatic rings. The second kappa shape index (κ2) is 9.36. The summed E-state index contributed by atoms with van der Waals surface area (Å²) >= 11 is 1.76. The van der Waals surface area contributed by atoms with Crippen LogP contribution in [-0.4, -0.2) is 19.1 Å². The number of fused-ring (bicyclic) bond motifs is 9. The van der Waals surface area contributed by atoms with E-state index in [0.29, 0.717) is 0 Å². The van der Waals surface area contributed by atoms with E-state index in [1.165, 1.54) is 31.8 Å². The van der Waals surface area contributed by atoms with Crippen molar-refractivity contribution in [3.05, 3.63) is 146 Å². The summed E-state index contributed by atoms with van der Waals surface area (Å²) in [6, 6.07) is 51.7. The van der Waals surface area contributed by atoms with Crippen LogP contribution in [0.2, 0.25) is 0 Å². The number of benzene rings is 6. The zero-order valence-corrected chi connectivity index (χ0v) is 24.9. The lowest BCUT2D eigenvalue weighted by atomic mass is 10.1. The van der Waals surface area contributed by atoms with Gasteiger partial charge < -0.3 is 4.57 Å². The van der Waals surface area contributed by atoms with E-state index in [1.54, 1.807) is 11.3 Å². The van der Waals surface area contributed by atoms with Crippen LogP contribution >= 0.6 is 11.3 Å². The van der Waals surface area contributed by atoms with Gasteiger partial charge in [-0.3, -0.25) is 4.57 Å². The molecule has 0 saturated heterocycles. The third kappa shape index (κ3) is 3.53. The van der Waals surface area contributed by atoms with Gasteiger partial charge in [-0.2, -0.15) is 0 Å². The monoisotopic (exact) mass is 592 g/mol. The minimum Gasteiger partial charge on any atom is -0.309 e. The summed E-state index contributed by atoms with van der Waals surface area (Å²) in [7, 11) is 0. The Bertz CT molecular complexity index is 2710. The standard InChI is InChI=1S/C40H24N4S/c1-2-12-26(13-3-1)43-32-18-8-4-16-29(32)30-23-22-25(24-35(30)43)39-41-37-31-17-7-11-21-36(31)45-38(37)40(42-39)44-33-19-9-5-14-27(33)28-15-6-10-20-34(28)44/h1-24H. The molecule has 5 heteroatoms. The average Bonchev–Trinajstić information content (AvgIpc) is 3.76. The molecule has 0 N–H and O–H groups in total. The van der Waals surface area contributed by atoms with Crippen molar-refractivity contribution >= 4 is 75.3 Å². The van der Waals surface area contributed by atoms with Crippen LogP contribution in [0.5, 0.6) is 0 Å². The summed E-state index contributed by atoms with van der Waals surface area (Å²) in [5.74, 6) is 1.63. The van der Waals surface area contributed by atoms with E-state index in [1.807, 2.05) is 0 Å². The van der Waals surface area contributed by atoms with Crippen LogP contribution in [0.4, 0.5) is 0 Å². The minimum atomic E-state index is 0.717. The van der Waals surface area contributed by atoms with Gasteiger partial charge in [0.2, 0.25) is 0 Å². The number of hydrogen-bond acceptors (Lipinski definition) is 3. The molecule has 6 aromatic carbocycles. The third-order valence-corrected chi connectivity index (χ3v) is 10.1. The van der Waals surface area contributed by atoms with Gasteiger partial charge in [-0.1, -0.05) is 103 Å². The summed E-state index contributed by atoms with van der Waals surface area (Å²) in [6.45, 7) is 0. The fourth-order valence-electron chi connectivity index (χ4n) is 6.97. The van der Waals surface area contributed by atoms with Crippen molar-refractivity contribution in [2.45, 2.75) is 0 Å². The average molecular weight is 593 g/mol. The van der Waals surface area contributed by atoms with Gasteiger partial charge in [0.05, 0.1) is 32.3 Å². The maximum Gasteiger partial charge on any atom is 0.162 e. The van der Waals surface area contributed by atoms with Crippen LogP contribution in [0, 0.1) is 0 Å². The van der Waals surface area contributed by atoms with E-state index in [0.717, 1.165) is 55.0 Å². The van der Waals surface area contributed by atoms with Crippen molar-refractivity contribution in [3.63, 3.8) is 0 Å². The number of thiophene rings is 1. The SMILES string of the molecule is c1ccc(-n2c3ccccc3c3ccc(-c4nc(-n5c6ccccc6c6ccccc65)c5sc6ccccc6c5n4)cc32)cc1. The number of nitrogens with zero attached hydrogens (tertiary/aromatic N) is 4. The summed E-state index contributed by atoms with van der Waals surface area (Å²) in [6.07, 6.45) is 0. The molecule has 4 aromatic heterocycles. The maximum absolute atomic E-state index is 5.43. The molecule has 45 heavy (non-hydrogen) atoms. The molecule has 0 atom stereocenters. The summed E-state index contributed by atoms with van der Waals surface area (Å²) in [5.41, 5.74) is 7.71. The number of hydrogen-bond donors (Lipinski definition) is 0. The molecule has 0 unspecified atom stereocenters. The number of rotatable bonds is 3. The molecule has 4 nitrogen and oxygen atoms in total. The maximum atomic E-state index is 5.43. The van der Waals surface area contributed by atoms with Crippen molar-refractivity contribution in [2.75, 3.05) is 0 Å². The predicted molar refractivity (Wildman–Crippen MR) is 189 cm³/mol. The highest BCUT2D eigenvalue weighted by Gasteiger charge is 2.21. The Kier molecular flexibility index (Phi) is 5.12. The lowest BCUT2D eigenvalue weighted by Gasteiger charge is -2.11. The topological polar surface area (TPSA) is 35.6 Å². The Morgan fingerprint density at radius 2 is 1.00 bits per heavy atom. The van der Waals surface area contributed by atoms with Crippen molar-refractivity contribution in [1.82, 2.24) is 19.1 Å². The van der Waals surface area contributed by atoms with E-state index in [4.69, 9.17) is 9.97 Å². The molecular formula is C40H24N4S. The third-order valence-electron chi connectivity index (χ3n) is 8.94. The highest BCUT2D eigenvalue weighted by Crippen LogP contribution is 2.41. The molecule has 0 radical (unpaired) electrons. The molecule has 0 saturated carbocycles. The largest absolute Gasteiger partial charge is 0.309 e. The Hall–Kier alpha value is -5.78. The van der Waals surface area contributed by atoms with E-state index in [9.17, 15) is 0 Å². The van der Waals surface area contributed by atoms with E-state index < -0.39 is 0 Å². The number of aromatic nitrogens is 4. The van der Waals surface area contributed by atoms with Gasteiger partial charge in [-0.25, -0.2) is 9.97 Å². The first kappa shape index (κ1) is 24.6. The van der Waals surface area contributed by atoms with Gasteiger partial charge in [0.25, 0.3) is 0 Å². The van der Waals surface area contributed by atoms with E-state index in [-0.39, 0.29) is 0 Å². The zero-order valence-electron chi connectivity index (χ0n) is 24.1. The van der Waals surface area contributed by atoms with Gasteiger partial charge in [0.15, 0.2) is 11.6 Å². The minimum absolute atomic E-state index is 0.717. The molecule has 0 amide bonds. The summed E-state index contributed by atoms with van der Waals surface area (Å²) < 4.78 is 6.97. The first-order valence-corrected chi connectivity index (χ1v) is 15.9.